The van der Waals surface area contributed by atoms with Gasteiger partial charge >= 0.3 is 0 Å². The Labute approximate surface area is 170 Å². The van der Waals surface area contributed by atoms with Crippen LogP contribution in [0.5, 0.6) is 11.5 Å². The lowest BCUT2D eigenvalue weighted by molar-refractivity contribution is -0.0300. The first kappa shape index (κ1) is 20.2. The summed E-state index contributed by atoms with van der Waals surface area (Å²) in [7, 11) is 1.47. The Bertz CT molecular complexity index is 806. The van der Waals surface area contributed by atoms with Gasteiger partial charge in [-0.15, -0.1) is 0 Å². The Morgan fingerprint density at radius 2 is 2.00 bits per heavy atom. The number of likely N-dealkylation sites (tertiary alicyclic amines) is 1. The summed E-state index contributed by atoms with van der Waals surface area (Å²) in [5.74, 6) is 1.76. The third kappa shape index (κ3) is 4.90. The summed E-state index contributed by atoms with van der Waals surface area (Å²) in [6.45, 7) is 1.88. The molecule has 0 amide bonds. The van der Waals surface area contributed by atoms with Gasteiger partial charge in [0.05, 0.1) is 19.3 Å². The molecule has 7 heteroatoms. The van der Waals surface area contributed by atoms with E-state index in [-0.39, 0.29) is 11.9 Å². The van der Waals surface area contributed by atoms with Crippen LogP contribution in [0.4, 0.5) is 4.39 Å². The van der Waals surface area contributed by atoms with Crippen molar-refractivity contribution in [2.45, 2.75) is 63.2 Å². The second kappa shape index (κ2) is 9.13. The van der Waals surface area contributed by atoms with Gasteiger partial charge in [-0.25, -0.2) is 4.39 Å². The van der Waals surface area contributed by atoms with Gasteiger partial charge in [-0.2, -0.15) is 0 Å². The molecule has 1 saturated heterocycles. The summed E-state index contributed by atoms with van der Waals surface area (Å²) >= 11 is 0. The van der Waals surface area contributed by atoms with E-state index in [0.717, 1.165) is 18.0 Å². The molecule has 0 bridgehead atoms. The highest BCUT2D eigenvalue weighted by molar-refractivity contribution is 5.40. The van der Waals surface area contributed by atoms with E-state index < -0.39 is 6.10 Å². The number of rotatable bonds is 6. The lowest BCUT2D eigenvalue weighted by Gasteiger charge is -2.35. The van der Waals surface area contributed by atoms with Gasteiger partial charge in [0.15, 0.2) is 17.3 Å². The van der Waals surface area contributed by atoms with Gasteiger partial charge < -0.3 is 19.1 Å². The van der Waals surface area contributed by atoms with Gasteiger partial charge in [0.2, 0.25) is 0 Å². The standard InChI is InChI=1S/C22H29FN2O4/c1-27-22-11-16(23)7-8-21(22)28-20-9-10-25(14-19(20)26)13-17-12-18(24-29-17)15-5-3-2-4-6-15/h7-8,11-12,15,19-20,26H,2-6,9-10,13-14H2,1H3/t19-,20-/m1/s1. The van der Waals surface area contributed by atoms with E-state index >= 15 is 0 Å². The fourth-order valence-electron chi connectivity index (χ4n) is 4.37. The number of β-amino-alcohol motifs (C(OH)–C–C–N with tert-alkyl or cyclic N) is 1. The zero-order chi connectivity index (χ0) is 20.2. The van der Waals surface area contributed by atoms with E-state index in [1.165, 1.54) is 57.4 Å². The van der Waals surface area contributed by atoms with Crippen LogP contribution in [0.2, 0.25) is 0 Å². The van der Waals surface area contributed by atoms with Crippen molar-refractivity contribution >= 4 is 0 Å². The maximum absolute atomic E-state index is 13.4. The fraction of sp³-hybridized carbons (Fsp3) is 0.591. The van der Waals surface area contributed by atoms with Gasteiger partial charge in [0.1, 0.15) is 18.0 Å². The predicted octanol–water partition coefficient (Wildman–Crippen LogP) is 3.88. The molecule has 1 aromatic carbocycles. The van der Waals surface area contributed by atoms with E-state index in [1.54, 1.807) is 0 Å². The minimum atomic E-state index is -0.653. The van der Waals surface area contributed by atoms with Crippen molar-refractivity contribution in [1.29, 1.82) is 0 Å². The zero-order valence-corrected chi connectivity index (χ0v) is 16.8. The molecule has 1 saturated carbocycles. The van der Waals surface area contributed by atoms with Crippen molar-refractivity contribution in [1.82, 2.24) is 10.1 Å². The molecule has 29 heavy (non-hydrogen) atoms. The number of benzene rings is 1. The van der Waals surface area contributed by atoms with Crippen LogP contribution in [0, 0.1) is 5.82 Å². The molecule has 6 nitrogen and oxygen atoms in total. The number of hydrogen-bond donors (Lipinski definition) is 1. The highest BCUT2D eigenvalue weighted by atomic mass is 19.1. The molecule has 2 heterocycles. The van der Waals surface area contributed by atoms with Crippen molar-refractivity contribution < 1.29 is 23.5 Å². The third-order valence-corrected chi connectivity index (χ3v) is 5.99. The summed E-state index contributed by atoms with van der Waals surface area (Å²) in [5, 5.41) is 14.9. The van der Waals surface area contributed by atoms with E-state index in [9.17, 15) is 9.50 Å². The monoisotopic (exact) mass is 404 g/mol. The molecular formula is C22H29FN2O4. The third-order valence-electron chi connectivity index (χ3n) is 5.99. The molecule has 1 N–H and O–H groups in total. The molecule has 2 aliphatic rings. The first-order chi connectivity index (χ1) is 14.1. The zero-order valence-electron chi connectivity index (χ0n) is 16.8. The first-order valence-electron chi connectivity index (χ1n) is 10.5. The molecule has 2 fully saturated rings. The minimum Gasteiger partial charge on any atom is -0.493 e. The van der Waals surface area contributed by atoms with Crippen LogP contribution in [0.25, 0.3) is 0 Å². The smallest absolute Gasteiger partial charge is 0.163 e. The van der Waals surface area contributed by atoms with Crippen molar-refractivity contribution in [3.63, 3.8) is 0 Å². The maximum Gasteiger partial charge on any atom is 0.163 e. The van der Waals surface area contributed by atoms with E-state index in [4.69, 9.17) is 14.0 Å². The summed E-state index contributed by atoms with van der Waals surface area (Å²) in [4.78, 5) is 2.15. The van der Waals surface area contributed by atoms with Crippen LogP contribution < -0.4 is 9.47 Å². The highest BCUT2D eigenvalue weighted by Gasteiger charge is 2.31. The van der Waals surface area contributed by atoms with Gasteiger partial charge in [-0.05, 0) is 31.4 Å². The molecule has 158 valence electrons. The molecule has 4 rings (SSSR count). The minimum absolute atomic E-state index is 0.330. The van der Waals surface area contributed by atoms with Crippen molar-refractivity contribution in [3.8, 4) is 11.5 Å². The number of aliphatic hydroxyl groups excluding tert-OH is 1. The van der Waals surface area contributed by atoms with E-state index in [2.05, 4.69) is 16.1 Å². The first-order valence-corrected chi connectivity index (χ1v) is 10.5. The van der Waals surface area contributed by atoms with Crippen LogP contribution in [-0.4, -0.2) is 47.6 Å². The Balaban J connectivity index is 1.32. The average molecular weight is 404 g/mol. The predicted molar refractivity (Wildman–Crippen MR) is 106 cm³/mol. The second-order valence-electron chi connectivity index (χ2n) is 8.10. The molecule has 0 radical (unpaired) electrons. The number of aromatic nitrogens is 1. The number of hydrogen-bond acceptors (Lipinski definition) is 6. The summed E-state index contributed by atoms with van der Waals surface area (Å²) in [6.07, 6.45) is 5.89. The van der Waals surface area contributed by atoms with Crippen LogP contribution in [0.15, 0.2) is 28.8 Å². The number of halogens is 1. The molecular weight excluding hydrogens is 375 g/mol. The Morgan fingerprint density at radius 1 is 1.17 bits per heavy atom. The van der Waals surface area contributed by atoms with E-state index in [0.29, 0.717) is 36.9 Å². The van der Waals surface area contributed by atoms with Gasteiger partial charge in [-0.1, -0.05) is 24.4 Å². The lowest BCUT2D eigenvalue weighted by atomic mass is 9.87. The van der Waals surface area contributed by atoms with Gasteiger partial charge in [0.25, 0.3) is 0 Å². The average Bonchev–Trinajstić information content (AvgIpc) is 3.20. The Kier molecular flexibility index (Phi) is 6.35. The number of aliphatic hydroxyl groups is 1. The van der Waals surface area contributed by atoms with Crippen molar-refractivity contribution in [2.75, 3.05) is 20.2 Å². The number of ether oxygens (including phenoxy) is 2. The topological polar surface area (TPSA) is 68.0 Å². The quantitative estimate of drug-likeness (QED) is 0.788. The molecule has 1 aromatic heterocycles. The Hall–Kier alpha value is -2.12. The summed E-state index contributed by atoms with van der Waals surface area (Å²) in [5.41, 5.74) is 1.07. The van der Waals surface area contributed by atoms with Crippen LogP contribution in [0.1, 0.15) is 55.9 Å². The Morgan fingerprint density at radius 3 is 2.76 bits per heavy atom. The highest BCUT2D eigenvalue weighted by Crippen LogP contribution is 2.33. The molecule has 2 aromatic rings. The van der Waals surface area contributed by atoms with Crippen molar-refractivity contribution in [2.24, 2.45) is 0 Å². The second-order valence-corrected chi connectivity index (χ2v) is 8.10. The van der Waals surface area contributed by atoms with Crippen LogP contribution in [0.3, 0.4) is 0 Å². The van der Waals surface area contributed by atoms with Gasteiger partial charge in [0, 0.05) is 31.1 Å². The van der Waals surface area contributed by atoms with Gasteiger partial charge in [-0.3, -0.25) is 4.90 Å². The number of piperidine rings is 1. The largest absolute Gasteiger partial charge is 0.493 e. The van der Waals surface area contributed by atoms with Crippen molar-refractivity contribution in [3.05, 3.63) is 41.5 Å². The number of nitrogens with zero attached hydrogens (tertiary/aromatic N) is 2. The van der Waals surface area contributed by atoms with E-state index in [1.807, 2.05) is 0 Å². The number of methoxy groups -OCH3 is 1. The molecule has 1 aliphatic carbocycles. The molecule has 0 spiro atoms. The molecule has 0 unspecified atom stereocenters. The summed E-state index contributed by atoms with van der Waals surface area (Å²) < 4.78 is 30.0. The fourth-order valence-corrected chi connectivity index (χ4v) is 4.37. The maximum atomic E-state index is 13.4. The normalized spacial score (nSPS) is 23.8. The lowest BCUT2D eigenvalue weighted by Crippen LogP contribution is -2.48. The summed E-state index contributed by atoms with van der Waals surface area (Å²) in [6, 6.07) is 6.22. The molecule has 2 atom stereocenters. The molecule has 1 aliphatic heterocycles. The van der Waals surface area contributed by atoms with Crippen LogP contribution in [-0.2, 0) is 6.54 Å². The SMILES string of the molecule is COc1cc(F)ccc1O[C@@H]1CCN(Cc2cc(C3CCCCC3)no2)C[C@H]1O. The van der Waals surface area contributed by atoms with Crippen LogP contribution >= 0.6 is 0 Å².